The summed E-state index contributed by atoms with van der Waals surface area (Å²) in [5.74, 6) is 1.72. The summed E-state index contributed by atoms with van der Waals surface area (Å²) in [5, 5.41) is 0. The third-order valence-electron chi connectivity index (χ3n) is 4.37. The molecule has 98 valence electrons. The van der Waals surface area contributed by atoms with Gasteiger partial charge in [0.05, 0.1) is 6.61 Å². The molecule has 3 heteroatoms. The van der Waals surface area contributed by atoms with E-state index in [0.717, 1.165) is 25.3 Å². The van der Waals surface area contributed by atoms with E-state index in [2.05, 4.69) is 36.1 Å². The van der Waals surface area contributed by atoms with E-state index < -0.39 is 0 Å². The second kappa shape index (κ2) is 4.90. The molecule has 2 N–H and O–H groups in total. The van der Waals surface area contributed by atoms with Gasteiger partial charge in [0.2, 0.25) is 0 Å². The first-order valence-electron chi connectivity index (χ1n) is 6.97. The van der Waals surface area contributed by atoms with E-state index in [-0.39, 0.29) is 0 Å². The quantitative estimate of drug-likeness (QED) is 0.869. The third-order valence-corrected chi connectivity index (χ3v) is 4.37. The summed E-state index contributed by atoms with van der Waals surface area (Å²) in [6.07, 6.45) is 2.33. The first-order valence-corrected chi connectivity index (χ1v) is 6.97. The number of likely N-dealkylation sites (tertiary alicyclic amines) is 1. The summed E-state index contributed by atoms with van der Waals surface area (Å²) in [4.78, 5) is 2.59. The van der Waals surface area contributed by atoms with Crippen LogP contribution < -0.4 is 10.5 Å². The van der Waals surface area contributed by atoms with Crippen molar-refractivity contribution in [1.82, 2.24) is 4.90 Å². The lowest BCUT2D eigenvalue weighted by atomic mass is 9.98. The van der Waals surface area contributed by atoms with Gasteiger partial charge in [-0.25, -0.2) is 0 Å². The van der Waals surface area contributed by atoms with Crippen LogP contribution in [0.25, 0.3) is 0 Å². The van der Waals surface area contributed by atoms with Gasteiger partial charge in [-0.1, -0.05) is 18.2 Å². The SMILES string of the molecule is CC(N)C1CCN(C2CCOc3ccccc32)C1. The molecule has 0 saturated carbocycles. The van der Waals surface area contributed by atoms with Crippen LogP contribution in [0.1, 0.15) is 31.4 Å². The summed E-state index contributed by atoms with van der Waals surface area (Å²) in [6, 6.07) is 9.29. The van der Waals surface area contributed by atoms with Crippen molar-refractivity contribution in [3.8, 4) is 5.75 Å². The van der Waals surface area contributed by atoms with Gasteiger partial charge in [0.25, 0.3) is 0 Å². The standard InChI is InChI=1S/C15H22N2O/c1-11(16)12-6-8-17(10-12)14-7-9-18-15-5-3-2-4-13(14)15/h2-5,11-12,14H,6-10,16H2,1H3. The highest BCUT2D eigenvalue weighted by Gasteiger charge is 2.33. The zero-order valence-electron chi connectivity index (χ0n) is 11.0. The zero-order chi connectivity index (χ0) is 12.5. The van der Waals surface area contributed by atoms with Crippen LogP contribution in [0.3, 0.4) is 0 Å². The van der Waals surface area contributed by atoms with Crippen LogP contribution in [0.2, 0.25) is 0 Å². The molecule has 1 aromatic rings. The molecule has 3 rings (SSSR count). The lowest BCUT2D eigenvalue weighted by Crippen LogP contribution is -2.33. The molecule has 2 aliphatic rings. The fraction of sp³-hybridized carbons (Fsp3) is 0.600. The molecular weight excluding hydrogens is 224 g/mol. The molecule has 1 aromatic carbocycles. The van der Waals surface area contributed by atoms with E-state index in [0.29, 0.717) is 18.0 Å². The Kier molecular flexibility index (Phi) is 3.27. The molecular formula is C15H22N2O. The fourth-order valence-electron chi connectivity index (χ4n) is 3.23. The Balaban J connectivity index is 1.79. The number of nitrogens with zero attached hydrogens (tertiary/aromatic N) is 1. The van der Waals surface area contributed by atoms with Crippen LogP contribution in [-0.4, -0.2) is 30.6 Å². The summed E-state index contributed by atoms with van der Waals surface area (Å²) in [6.45, 7) is 5.27. The Morgan fingerprint density at radius 2 is 2.17 bits per heavy atom. The smallest absolute Gasteiger partial charge is 0.124 e. The Bertz CT molecular complexity index is 419. The van der Waals surface area contributed by atoms with Crippen LogP contribution in [0.5, 0.6) is 5.75 Å². The van der Waals surface area contributed by atoms with Gasteiger partial charge in [-0.2, -0.15) is 0 Å². The van der Waals surface area contributed by atoms with Crippen molar-refractivity contribution in [2.24, 2.45) is 11.7 Å². The molecule has 0 aromatic heterocycles. The lowest BCUT2D eigenvalue weighted by molar-refractivity contribution is 0.160. The summed E-state index contributed by atoms with van der Waals surface area (Å²) < 4.78 is 5.74. The van der Waals surface area contributed by atoms with Gasteiger partial charge in [-0.15, -0.1) is 0 Å². The first-order chi connectivity index (χ1) is 8.75. The van der Waals surface area contributed by atoms with E-state index in [1.807, 2.05) is 0 Å². The van der Waals surface area contributed by atoms with Crippen molar-refractivity contribution in [1.29, 1.82) is 0 Å². The molecule has 0 bridgehead atoms. The number of rotatable bonds is 2. The van der Waals surface area contributed by atoms with E-state index >= 15 is 0 Å². The maximum atomic E-state index is 6.03. The average Bonchev–Trinajstić information content (AvgIpc) is 2.87. The topological polar surface area (TPSA) is 38.5 Å². The molecule has 0 amide bonds. The van der Waals surface area contributed by atoms with Crippen LogP contribution in [0, 0.1) is 5.92 Å². The predicted octanol–water partition coefficient (Wildman–Crippen LogP) is 2.18. The molecule has 1 saturated heterocycles. The number of benzene rings is 1. The summed E-state index contributed by atoms with van der Waals surface area (Å²) in [7, 11) is 0. The highest BCUT2D eigenvalue weighted by atomic mass is 16.5. The van der Waals surface area contributed by atoms with Crippen molar-refractivity contribution in [3.63, 3.8) is 0 Å². The van der Waals surface area contributed by atoms with Crippen molar-refractivity contribution in [2.75, 3.05) is 19.7 Å². The van der Waals surface area contributed by atoms with Crippen LogP contribution in [0.4, 0.5) is 0 Å². The second-order valence-corrected chi connectivity index (χ2v) is 5.59. The largest absolute Gasteiger partial charge is 0.493 e. The van der Waals surface area contributed by atoms with Crippen LogP contribution in [0.15, 0.2) is 24.3 Å². The van der Waals surface area contributed by atoms with Gasteiger partial charge in [0.15, 0.2) is 0 Å². The minimum absolute atomic E-state index is 0.310. The molecule has 3 atom stereocenters. The summed E-state index contributed by atoms with van der Waals surface area (Å²) >= 11 is 0. The normalized spacial score (nSPS) is 29.7. The first kappa shape index (κ1) is 12.0. The lowest BCUT2D eigenvalue weighted by Gasteiger charge is -2.33. The molecule has 2 aliphatic heterocycles. The fourth-order valence-corrected chi connectivity index (χ4v) is 3.23. The van der Waals surface area contributed by atoms with Crippen LogP contribution >= 0.6 is 0 Å². The number of hydrogen-bond acceptors (Lipinski definition) is 3. The number of fused-ring (bicyclic) bond motifs is 1. The molecule has 3 nitrogen and oxygen atoms in total. The molecule has 0 aliphatic carbocycles. The molecule has 0 radical (unpaired) electrons. The molecule has 0 spiro atoms. The van der Waals surface area contributed by atoms with Crippen molar-refractivity contribution in [2.45, 2.75) is 31.8 Å². The maximum absolute atomic E-state index is 6.03. The highest BCUT2D eigenvalue weighted by Crippen LogP contribution is 2.38. The number of ether oxygens (including phenoxy) is 1. The number of nitrogens with two attached hydrogens (primary N) is 1. The zero-order valence-corrected chi connectivity index (χ0v) is 11.0. The van der Waals surface area contributed by atoms with Gasteiger partial charge in [0.1, 0.15) is 5.75 Å². The minimum atomic E-state index is 0.310. The average molecular weight is 246 g/mol. The molecule has 3 unspecified atom stereocenters. The number of para-hydroxylation sites is 1. The Labute approximate surface area is 109 Å². The van der Waals surface area contributed by atoms with E-state index in [9.17, 15) is 0 Å². The van der Waals surface area contributed by atoms with Crippen molar-refractivity contribution >= 4 is 0 Å². The summed E-state index contributed by atoms with van der Waals surface area (Å²) in [5.41, 5.74) is 7.39. The van der Waals surface area contributed by atoms with Crippen molar-refractivity contribution in [3.05, 3.63) is 29.8 Å². The second-order valence-electron chi connectivity index (χ2n) is 5.59. The maximum Gasteiger partial charge on any atom is 0.124 e. The monoisotopic (exact) mass is 246 g/mol. The van der Waals surface area contributed by atoms with Crippen LogP contribution in [-0.2, 0) is 0 Å². The van der Waals surface area contributed by atoms with E-state index in [1.54, 1.807) is 0 Å². The molecule has 18 heavy (non-hydrogen) atoms. The Hall–Kier alpha value is -1.06. The van der Waals surface area contributed by atoms with Gasteiger partial charge in [-0.05, 0) is 31.9 Å². The van der Waals surface area contributed by atoms with Gasteiger partial charge in [0, 0.05) is 30.6 Å². The number of hydrogen-bond donors (Lipinski definition) is 1. The molecule has 1 fully saturated rings. The van der Waals surface area contributed by atoms with E-state index in [1.165, 1.54) is 18.5 Å². The predicted molar refractivity (Wildman–Crippen MR) is 72.6 cm³/mol. The van der Waals surface area contributed by atoms with Gasteiger partial charge >= 0.3 is 0 Å². The van der Waals surface area contributed by atoms with Gasteiger partial charge in [-0.3, -0.25) is 4.90 Å². The van der Waals surface area contributed by atoms with E-state index in [4.69, 9.17) is 10.5 Å². The minimum Gasteiger partial charge on any atom is -0.493 e. The molecule has 2 heterocycles. The van der Waals surface area contributed by atoms with Gasteiger partial charge < -0.3 is 10.5 Å². The highest BCUT2D eigenvalue weighted by molar-refractivity contribution is 5.37. The Morgan fingerprint density at radius 1 is 1.33 bits per heavy atom. The Morgan fingerprint density at radius 3 is 2.94 bits per heavy atom. The van der Waals surface area contributed by atoms with Crippen molar-refractivity contribution < 1.29 is 4.74 Å². The third kappa shape index (κ3) is 2.13.